The Bertz CT molecular complexity index is 356. The van der Waals surface area contributed by atoms with Crippen LogP contribution >= 0.6 is 11.3 Å². The molecule has 0 saturated carbocycles. The Kier molecular flexibility index (Phi) is 1.26. The number of thiophene rings is 1. The van der Waals surface area contributed by atoms with Crippen LogP contribution in [0, 0.1) is 0 Å². The number of phenols is 2. The molecule has 2 rings (SSSR count). The van der Waals surface area contributed by atoms with Crippen LogP contribution in [0.1, 0.15) is 0 Å². The van der Waals surface area contributed by atoms with E-state index in [4.69, 9.17) is 10.2 Å². The highest BCUT2D eigenvalue weighted by atomic mass is 32.1. The third-order valence-corrected chi connectivity index (χ3v) is 2.43. The molecule has 1 aromatic heterocycles. The molecule has 0 radical (unpaired) electrons. The monoisotopic (exact) mass is 166 g/mol. The van der Waals surface area contributed by atoms with Crippen molar-refractivity contribution in [1.82, 2.24) is 0 Å². The van der Waals surface area contributed by atoms with E-state index in [0.29, 0.717) is 0 Å². The lowest BCUT2D eigenvalue weighted by molar-refractivity contribution is 0.405. The van der Waals surface area contributed by atoms with Gasteiger partial charge in [-0.1, -0.05) is 0 Å². The van der Waals surface area contributed by atoms with E-state index < -0.39 is 0 Å². The van der Waals surface area contributed by atoms with Crippen LogP contribution in [0.5, 0.6) is 11.5 Å². The fourth-order valence-corrected chi connectivity index (χ4v) is 1.79. The number of phenolic OH excluding ortho intramolecular Hbond substituents is 2. The maximum Gasteiger partial charge on any atom is 0.158 e. The smallest absolute Gasteiger partial charge is 0.158 e. The van der Waals surface area contributed by atoms with Crippen molar-refractivity contribution in [2.24, 2.45) is 0 Å². The summed E-state index contributed by atoms with van der Waals surface area (Å²) < 4.78 is 0.986. The van der Waals surface area contributed by atoms with Gasteiger partial charge in [0.2, 0.25) is 0 Å². The highest BCUT2D eigenvalue weighted by molar-refractivity contribution is 7.17. The molecule has 11 heavy (non-hydrogen) atoms. The van der Waals surface area contributed by atoms with Gasteiger partial charge in [0, 0.05) is 10.8 Å². The summed E-state index contributed by atoms with van der Waals surface area (Å²) in [4.78, 5) is 0. The van der Waals surface area contributed by atoms with Crippen molar-refractivity contribution in [2.45, 2.75) is 0 Å². The summed E-state index contributed by atoms with van der Waals surface area (Å²) in [6, 6.07) is 5.02. The maximum absolute atomic E-state index is 9.09. The number of fused-ring (bicyclic) bond motifs is 1. The lowest BCUT2D eigenvalue weighted by atomic mass is 10.2. The van der Waals surface area contributed by atoms with Gasteiger partial charge in [0.1, 0.15) is 0 Å². The Morgan fingerprint density at radius 2 is 1.82 bits per heavy atom. The van der Waals surface area contributed by atoms with Gasteiger partial charge in [0.05, 0.1) is 0 Å². The van der Waals surface area contributed by atoms with Crippen LogP contribution < -0.4 is 0 Å². The molecule has 1 aromatic carbocycles. The van der Waals surface area contributed by atoms with Gasteiger partial charge in [-0.2, -0.15) is 0 Å². The summed E-state index contributed by atoms with van der Waals surface area (Å²) in [6.07, 6.45) is 0. The van der Waals surface area contributed by atoms with E-state index in [9.17, 15) is 0 Å². The van der Waals surface area contributed by atoms with Crippen molar-refractivity contribution in [2.75, 3.05) is 0 Å². The number of aromatic hydroxyl groups is 2. The summed E-state index contributed by atoms with van der Waals surface area (Å²) in [6.45, 7) is 0. The first-order valence-corrected chi connectivity index (χ1v) is 4.04. The Hall–Kier alpha value is -1.22. The van der Waals surface area contributed by atoms with Gasteiger partial charge in [0.25, 0.3) is 0 Å². The number of hydrogen-bond donors (Lipinski definition) is 2. The SMILES string of the molecule is Oc1cc2ccsc2cc1O. The third-order valence-electron chi connectivity index (χ3n) is 1.55. The molecule has 0 aliphatic carbocycles. The van der Waals surface area contributed by atoms with E-state index in [2.05, 4.69) is 0 Å². The van der Waals surface area contributed by atoms with Crippen LogP contribution in [-0.2, 0) is 0 Å². The van der Waals surface area contributed by atoms with E-state index in [1.54, 1.807) is 12.1 Å². The molecule has 0 fully saturated rings. The Morgan fingerprint density at radius 3 is 2.64 bits per heavy atom. The quantitative estimate of drug-likeness (QED) is 0.589. The topological polar surface area (TPSA) is 40.5 Å². The molecular weight excluding hydrogens is 160 g/mol. The van der Waals surface area contributed by atoms with Crippen molar-refractivity contribution >= 4 is 21.4 Å². The van der Waals surface area contributed by atoms with Crippen molar-refractivity contribution in [1.29, 1.82) is 0 Å². The summed E-state index contributed by atoms with van der Waals surface area (Å²) in [5.74, 6) is -0.115. The standard InChI is InChI=1S/C8H6O2S/c9-6-3-5-1-2-11-8(5)4-7(6)10/h1-4,9-10H. The largest absolute Gasteiger partial charge is 0.504 e. The fourth-order valence-electron chi connectivity index (χ4n) is 0.987. The van der Waals surface area contributed by atoms with Crippen molar-refractivity contribution < 1.29 is 10.2 Å². The third kappa shape index (κ3) is 0.935. The minimum absolute atomic E-state index is 0.0556. The highest BCUT2D eigenvalue weighted by Crippen LogP contribution is 2.32. The average molecular weight is 166 g/mol. The van der Waals surface area contributed by atoms with Crippen LogP contribution in [0.25, 0.3) is 10.1 Å². The Balaban J connectivity index is 2.86. The summed E-state index contributed by atoms with van der Waals surface area (Å²) in [7, 11) is 0. The summed E-state index contributed by atoms with van der Waals surface area (Å²) in [5.41, 5.74) is 0. The zero-order valence-electron chi connectivity index (χ0n) is 5.61. The Labute approximate surface area is 67.3 Å². The van der Waals surface area contributed by atoms with Crippen LogP contribution in [0.2, 0.25) is 0 Å². The molecule has 0 spiro atoms. The van der Waals surface area contributed by atoms with Gasteiger partial charge >= 0.3 is 0 Å². The predicted molar refractivity (Wildman–Crippen MR) is 45.2 cm³/mol. The first-order valence-electron chi connectivity index (χ1n) is 3.16. The molecule has 56 valence electrons. The van der Waals surface area contributed by atoms with Crippen LogP contribution in [-0.4, -0.2) is 10.2 Å². The molecule has 2 N–H and O–H groups in total. The lowest BCUT2D eigenvalue weighted by Gasteiger charge is -1.95. The number of benzene rings is 1. The van der Waals surface area contributed by atoms with E-state index >= 15 is 0 Å². The summed E-state index contributed by atoms with van der Waals surface area (Å²) >= 11 is 1.54. The molecule has 3 heteroatoms. The molecule has 0 aliphatic heterocycles. The van der Waals surface area contributed by atoms with Crippen molar-refractivity contribution in [3.63, 3.8) is 0 Å². The maximum atomic E-state index is 9.09. The minimum Gasteiger partial charge on any atom is -0.504 e. The Morgan fingerprint density at radius 1 is 1.09 bits per heavy atom. The summed E-state index contributed by atoms with van der Waals surface area (Å²) in [5, 5.41) is 21.1. The highest BCUT2D eigenvalue weighted by Gasteiger charge is 2.01. The average Bonchev–Trinajstić information content (AvgIpc) is 2.36. The van der Waals surface area contributed by atoms with Gasteiger partial charge in [-0.3, -0.25) is 0 Å². The zero-order chi connectivity index (χ0) is 7.84. The molecule has 2 nitrogen and oxygen atoms in total. The van der Waals surface area contributed by atoms with E-state index in [-0.39, 0.29) is 11.5 Å². The van der Waals surface area contributed by atoms with Crippen molar-refractivity contribution in [3.8, 4) is 11.5 Å². The predicted octanol–water partition coefficient (Wildman–Crippen LogP) is 2.31. The molecule has 0 bridgehead atoms. The minimum atomic E-state index is -0.0594. The van der Waals surface area contributed by atoms with E-state index in [1.807, 2.05) is 11.4 Å². The van der Waals surface area contributed by atoms with Gasteiger partial charge < -0.3 is 10.2 Å². The van der Waals surface area contributed by atoms with E-state index in [0.717, 1.165) is 10.1 Å². The second-order valence-corrected chi connectivity index (χ2v) is 3.25. The van der Waals surface area contributed by atoms with Crippen LogP contribution in [0.15, 0.2) is 23.6 Å². The molecule has 0 saturated heterocycles. The van der Waals surface area contributed by atoms with Gasteiger partial charge in [-0.25, -0.2) is 0 Å². The first-order chi connectivity index (χ1) is 5.27. The lowest BCUT2D eigenvalue weighted by Crippen LogP contribution is -1.66. The second kappa shape index (κ2) is 2.13. The second-order valence-electron chi connectivity index (χ2n) is 2.30. The fraction of sp³-hybridized carbons (Fsp3) is 0. The molecule has 2 aromatic rings. The van der Waals surface area contributed by atoms with Gasteiger partial charge in [0.15, 0.2) is 11.5 Å². The first kappa shape index (κ1) is 6.49. The van der Waals surface area contributed by atoms with Crippen molar-refractivity contribution in [3.05, 3.63) is 23.6 Å². The van der Waals surface area contributed by atoms with Gasteiger partial charge in [-0.15, -0.1) is 11.3 Å². The number of rotatable bonds is 0. The number of hydrogen-bond acceptors (Lipinski definition) is 3. The van der Waals surface area contributed by atoms with Gasteiger partial charge in [-0.05, 0) is 22.9 Å². The van der Waals surface area contributed by atoms with Crippen LogP contribution in [0.3, 0.4) is 0 Å². The molecule has 0 aliphatic rings. The molecule has 0 amide bonds. The molecule has 0 atom stereocenters. The van der Waals surface area contributed by atoms with E-state index in [1.165, 1.54) is 11.3 Å². The molecular formula is C8H6O2S. The van der Waals surface area contributed by atoms with Crippen LogP contribution in [0.4, 0.5) is 0 Å². The normalized spacial score (nSPS) is 10.5. The molecule has 1 heterocycles. The zero-order valence-corrected chi connectivity index (χ0v) is 6.43. The molecule has 0 unspecified atom stereocenters.